The smallest absolute Gasteiger partial charge is 0.262 e. The largest absolute Gasteiger partial charge is 0.484 e. The first-order valence-electron chi connectivity index (χ1n) is 11.0. The van der Waals surface area contributed by atoms with Gasteiger partial charge < -0.3 is 24.5 Å². The van der Waals surface area contributed by atoms with Gasteiger partial charge in [0.05, 0.1) is 17.4 Å². The van der Waals surface area contributed by atoms with Crippen LogP contribution in [0, 0.1) is 0 Å². The molecule has 1 unspecified atom stereocenters. The van der Waals surface area contributed by atoms with Crippen LogP contribution in [-0.2, 0) is 9.53 Å². The molecule has 0 radical (unpaired) electrons. The Kier molecular flexibility index (Phi) is 5.95. The van der Waals surface area contributed by atoms with Gasteiger partial charge in [0.25, 0.3) is 11.8 Å². The van der Waals surface area contributed by atoms with Gasteiger partial charge in [0.1, 0.15) is 16.9 Å². The second kappa shape index (κ2) is 9.34. The number of fused-ring (bicyclic) bond motifs is 3. The molecule has 2 N–H and O–H groups in total. The summed E-state index contributed by atoms with van der Waals surface area (Å²) in [5, 5.41) is 7.58. The fourth-order valence-electron chi connectivity index (χ4n) is 4.03. The molecule has 0 spiro atoms. The molecule has 7 nitrogen and oxygen atoms in total. The van der Waals surface area contributed by atoms with Crippen molar-refractivity contribution in [3.63, 3.8) is 0 Å². The minimum absolute atomic E-state index is 0.0498. The van der Waals surface area contributed by atoms with Crippen LogP contribution in [0.1, 0.15) is 23.2 Å². The third-order valence-corrected chi connectivity index (χ3v) is 5.68. The van der Waals surface area contributed by atoms with Crippen LogP contribution >= 0.6 is 0 Å². The minimum Gasteiger partial charge on any atom is -0.484 e. The maximum Gasteiger partial charge on any atom is 0.262 e. The Bertz CT molecular complexity index is 1310. The molecule has 2 heterocycles. The predicted octanol–water partition coefficient (Wildman–Crippen LogP) is 4.51. The summed E-state index contributed by atoms with van der Waals surface area (Å²) >= 11 is 0. The third-order valence-electron chi connectivity index (χ3n) is 5.68. The SMILES string of the molecule is O=C(COc1ccc2oc3ccccc3c2c1)Nc1ccccc1C(=O)NCC1CCCO1. The quantitative estimate of drug-likeness (QED) is 0.438. The monoisotopic (exact) mass is 444 g/mol. The zero-order chi connectivity index (χ0) is 22.6. The van der Waals surface area contributed by atoms with Crippen LogP contribution in [0.4, 0.5) is 5.69 Å². The second-order valence-corrected chi connectivity index (χ2v) is 7.98. The lowest BCUT2D eigenvalue weighted by molar-refractivity contribution is -0.118. The van der Waals surface area contributed by atoms with Crippen molar-refractivity contribution in [2.75, 3.05) is 25.1 Å². The number of carbonyl (C=O) groups excluding carboxylic acids is 2. The van der Waals surface area contributed by atoms with Crippen molar-refractivity contribution in [3.05, 3.63) is 72.3 Å². The highest BCUT2D eigenvalue weighted by Gasteiger charge is 2.18. The van der Waals surface area contributed by atoms with Crippen LogP contribution < -0.4 is 15.4 Å². The lowest BCUT2D eigenvalue weighted by Gasteiger charge is -2.14. The molecule has 7 heteroatoms. The molecular formula is C26H24N2O5. The molecule has 1 aliphatic rings. The Balaban J connectivity index is 1.22. The zero-order valence-corrected chi connectivity index (χ0v) is 18.0. The number of para-hydroxylation sites is 2. The number of amides is 2. The summed E-state index contributed by atoms with van der Waals surface area (Å²) in [6.07, 6.45) is 2.00. The fraction of sp³-hybridized carbons (Fsp3) is 0.231. The van der Waals surface area contributed by atoms with Crippen molar-refractivity contribution in [1.82, 2.24) is 5.32 Å². The highest BCUT2D eigenvalue weighted by Crippen LogP contribution is 2.31. The number of ether oxygens (including phenoxy) is 2. The Morgan fingerprint density at radius 1 is 0.970 bits per heavy atom. The molecule has 33 heavy (non-hydrogen) atoms. The van der Waals surface area contributed by atoms with Crippen molar-refractivity contribution in [1.29, 1.82) is 0 Å². The molecule has 1 atom stereocenters. The number of rotatable bonds is 7. The molecule has 3 aromatic carbocycles. The van der Waals surface area contributed by atoms with E-state index < -0.39 is 0 Å². The summed E-state index contributed by atoms with van der Waals surface area (Å²) in [5.41, 5.74) is 2.40. The molecule has 2 amide bonds. The summed E-state index contributed by atoms with van der Waals surface area (Å²) < 4.78 is 17.1. The molecule has 4 aromatic rings. The van der Waals surface area contributed by atoms with Gasteiger partial charge in [0.15, 0.2) is 6.61 Å². The minimum atomic E-state index is -0.355. The third kappa shape index (κ3) is 4.68. The molecular weight excluding hydrogens is 420 g/mol. The van der Waals surface area contributed by atoms with Crippen molar-refractivity contribution in [2.24, 2.45) is 0 Å². The number of carbonyl (C=O) groups is 2. The molecule has 1 saturated heterocycles. The number of nitrogens with one attached hydrogen (secondary N) is 2. The lowest BCUT2D eigenvalue weighted by atomic mass is 10.1. The number of anilines is 1. The van der Waals surface area contributed by atoms with E-state index in [0.29, 0.717) is 23.5 Å². The summed E-state index contributed by atoms with van der Waals surface area (Å²) in [7, 11) is 0. The van der Waals surface area contributed by atoms with Crippen molar-refractivity contribution in [3.8, 4) is 5.75 Å². The van der Waals surface area contributed by atoms with Gasteiger partial charge in [-0.1, -0.05) is 30.3 Å². The van der Waals surface area contributed by atoms with Gasteiger partial charge in [-0.15, -0.1) is 0 Å². The summed E-state index contributed by atoms with van der Waals surface area (Å²) in [4.78, 5) is 25.2. The maximum absolute atomic E-state index is 12.6. The number of hydrogen-bond acceptors (Lipinski definition) is 5. The number of benzene rings is 3. The Hall–Kier alpha value is -3.84. The highest BCUT2D eigenvalue weighted by molar-refractivity contribution is 6.05. The highest BCUT2D eigenvalue weighted by atomic mass is 16.5. The Morgan fingerprint density at radius 3 is 2.67 bits per heavy atom. The van der Waals surface area contributed by atoms with Crippen LogP contribution in [0.15, 0.2) is 71.1 Å². The Morgan fingerprint density at radius 2 is 1.79 bits per heavy atom. The van der Waals surface area contributed by atoms with Gasteiger partial charge in [0, 0.05) is 23.9 Å². The van der Waals surface area contributed by atoms with E-state index in [2.05, 4.69) is 10.6 Å². The molecule has 0 aliphatic carbocycles. The maximum atomic E-state index is 12.6. The van der Waals surface area contributed by atoms with Gasteiger partial charge in [-0.2, -0.15) is 0 Å². The van der Waals surface area contributed by atoms with E-state index in [4.69, 9.17) is 13.9 Å². The standard InChI is InChI=1S/C26H24N2O5/c29-25(16-32-17-11-12-24-21(14-17)19-7-2-4-10-23(19)33-24)28-22-9-3-1-8-20(22)26(30)27-15-18-6-5-13-31-18/h1-4,7-12,14,18H,5-6,13,15-16H2,(H,27,30)(H,28,29). The average Bonchev–Trinajstić information content (AvgIpc) is 3.49. The van der Waals surface area contributed by atoms with E-state index in [1.54, 1.807) is 30.3 Å². The van der Waals surface area contributed by atoms with E-state index >= 15 is 0 Å². The second-order valence-electron chi connectivity index (χ2n) is 7.98. The summed E-state index contributed by atoms with van der Waals surface area (Å²) in [6.45, 7) is 0.999. The van der Waals surface area contributed by atoms with Crippen LogP contribution in [0.3, 0.4) is 0 Å². The van der Waals surface area contributed by atoms with Crippen LogP contribution in [0.25, 0.3) is 21.9 Å². The first-order chi connectivity index (χ1) is 16.2. The average molecular weight is 444 g/mol. The molecule has 5 rings (SSSR count). The molecule has 1 fully saturated rings. The molecule has 1 aliphatic heterocycles. The van der Waals surface area contributed by atoms with Crippen LogP contribution in [0.2, 0.25) is 0 Å². The van der Waals surface area contributed by atoms with Crippen LogP contribution in [0.5, 0.6) is 5.75 Å². The van der Waals surface area contributed by atoms with Gasteiger partial charge in [-0.25, -0.2) is 0 Å². The predicted molar refractivity (Wildman–Crippen MR) is 126 cm³/mol. The van der Waals surface area contributed by atoms with E-state index in [0.717, 1.165) is 41.4 Å². The van der Waals surface area contributed by atoms with Gasteiger partial charge in [0.2, 0.25) is 0 Å². The van der Waals surface area contributed by atoms with Crippen molar-refractivity contribution >= 4 is 39.4 Å². The normalized spacial score (nSPS) is 15.6. The molecule has 0 saturated carbocycles. The van der Waals surface area contributed by atoms with Gasteiger partial charge in [-0.3, -0.25) is 9.59 Å². The van der Waals surface area contributed by atoms with Crippen molar-refractivity contribution in [2.45, 2.75) is 18.9 Å². The first-order valence-corrected chi connectivity index (χ1v) is 11.0. The number of hydrogen-bond donors (Lipinski definition) is 2. The lowest BCUT2D eigenvalue weighted by Crippen LogP contribution is -2.32. The summed E-state index contributed by atoms with van der Waals surface area (Å²) in [5.74, 6) is -0.0436. The fourth-order valence-corrected chi connectivity index (χ4v) is 4.03. The molecule has 1 aromatic heterocycles. The molecule has 0 bridgehead atoms. The topological polar surface area (TPSA) is 89.8 Å². The van der Waals surface area contributed by atoms with E-state index in [1.807, 2.05) is 36.4 Å². The molecule has 168 valence electrons. The van der Waals surface area contributed by atoms with E-state index in [9.17, 15) is 9.59 Å². The zero-order valence-electron chi connectivity index (χ0n) is 18.0. The van der Waals surface area contributed by atoms with Crippen LogP contribution in [-0.4, -0.2) is 37.7 Å². The van der Waals surface area contributed by atoms with E-state index in [-0.39, 0.29) is 24.5 Å². The first kappa shape index (κ1) is 21.0. The van der Waals surface area contributed by atoms with Gasteiger partial charge >= 0.3 is 0 Å². The summed E-state index contributed by atoms with van der Waals surface area (Å²) in [6, 6.07) is 20.1. The number of furan rings is 1. The van der Waals surface area contributed by atoms with Gasteiger partial charge in [-0.05, 0) is 49.2 Å². The van der Waals surface area contributed by atoms with E-state index in [1.165, 1.54) is 0 Å². The van der Waals surface area contributed by atoms with Crippen molar-refractivity contribution < 1.29 is 23.5 Å². The Labute approximate surface area is 190 Å².